The molecule has 0 radical (unpaired) electrons. The molecule has 4 nitrogen and oxygen atoms in total. The lowest BCUT2D eigenvalue weighted by Gasteiger charge is -2.34. The van der Waals surface area contributed by atoms with E-state index in [1.165, 1.54) is 0 Å². The number of benzene rings is 1. The third-order valence-electron chi connectivity index (χ3n) is 3.53. The van der Waals surface area contributed by atoms with Crippen LogP contribution in [0.15, 0.2) is 12.1 Å². The molecule has 0 fully saturated rings. The molecule has 1 aliphatic rings. The monoisotopic (exact) mass is 350 g/mol. The zero-order valence-electron chi connectivity index (χ0n) is 12.6. The molecule has 0 unspecified atom stereocenters. The van der Waals surface area contributed by atoms with Crippen molar-refractivity contribution in [1.29, 1.82) is 5.26 Å². The van der Waals surface area contributed by atoms with Gasteiger partial charge < -0.3 is 9.64 Å². The molecule has 0 atom stereocenters. The predicted octanol–water partition coefficient (Wildman–Crippen LogP) is 3.28. The van der Waals surface area contributed by atoms with Gasteiger partial charge in [-0.3, -0.25) is 4.79 Å². The number of alkyl halides is 1. The van der Waals surface area contributed by atoms with Gasteiger partial charge in [0.15, 0.2) is 5.78 Å². The van der Waals surface area contributed by atoms with Gasteiger partial charge in [0, 0.05) is 11.1 Å². The van der Waals surface area contributed by atoms with Gasteiger partial charge in [0.1, 0.15) is 18.9 Å². The molecular formula is C16H19BrN2O2. The average Bonchev–Trinajstić information content (AvgIpc) is 2.45. The number of fused-ring (bicyclic) bond motifs is 1. The number of hydrogen-bond donors (Lipinski definition) is 0. The molecule has 2 rings (SSSR count). The molecule has 1 aromatic rings. The van der Waals surface area contributed by atoms with E-state index in [1.807, 2.05) is 17.0 Å². The van der Waals surface area contributed by atoms with E-state index >= 15 is 0 Å². The minimum atomic E-state index is -0.137. The van der Waals surface area contributed by atoms with Crippen LogP contribution in [-0.4, -0.2) is 30.8 Å². The minimum absolute atomic E-state index is 0.0331. The number of nitriles is 1. The zero-order valence-corrected chi connectivity index (χ0v) is 14.2. The lowest BCUT2D eigenvalue weighted by Crippen LogP contribution is -2.34. The van der Waals surface area contributed by atoms with Gasteiger partial charge in [-0.1, -0.05) is 36.7 Å². The van der Waals surface area contributed by atoms with Crippen molar-refractivity contribution in [2.75, 3.05) is 29.9 Å². The van der Waals surface area contributed by atoms with Crippen LogP contribution in [0.25, 0.3) is 0 Å². The second-order valence-electron chi connectivity index (χ2n) is 6.11. The van der Waals surface area contributed by atoms with Gasteiger partial charge in [-0.15, -0.1) is 0 Å². The Balaban J connectivity index is 2.64. The fourth-order valence-corrected chi connectivity index (χ4v) is 2.75. The molecule has 0 spiro atoms. The van der Waals surface area contributed by atoms with E-state index in [4.69, 9.17) is 10.00 Å². The van der Waals surface area contributed by atoms with Gasteiger partial charge in [-0.25, -0.2) is 0 Å². The summed E-state index contributed by atoms with van der Waals surface area (Å²) in [5.41, 5.74) is 2.37. The number of carbonyl (C=O) groups is 1. The first kappa shape index (κ1) is 15.8. The maximum atomic E-state index is 12.1. The summed E-state index contributed by atoms with van der Waals surface area (Å²) in [6.45, 7) is 7.80. The number of carbonyl (C=O) groups excluding carboxylic acids is 1. The van der Waals surface area contributed by atoms with Crippen LogP contribution in [0.3, 0.4) is 0 Å². The topological polar surface area (TPSA) is 53.3 Å². The lowest BCUT2D eigenvalue weighted by molar-refractivity contribution is 0.102. The molecular weight excluding hydrogens is 332 g/mol. The SMILES string of the molecule is CC(C)(C)c1cc(C(=O)CBr)cc2c1OCCN2CC#N. The average molecular weight is 351 g/mol. The molecule has 0 aromatic heterocycles. The molecule has 5 heteroatoms. The summed E-state index contributed by atoms with van der Waals surface area (Å²) in [6.07, 6.45) is 0. The van der Waals surface area contributed by atoms with Crippen LogP contribution in [-0.2, 0) is 5.41 Å². The summed E-state index contributed by atoms with van der Waals surface area (Å²) >= 11 is 3.22. The first-order valence-electron chi connectivity index (χ1n) is 6.91. The van der Waals surface area contributed by atoms with Crippen molar-refractivity contribution in [3.8, 4) is 11.8 Å². The van der Waals surface area contributed by atoms with Gasteiger partial charge in [0.25, 0.3) is 0 Å². The van der Waals surface area contributed by atoms with Crippen molar-refractivity contribution in [3.63, 3.8) is 0 Å². The third kappa shape index (κ3) is 3.21. The van der Waals surface area contributed by atoms with Crippen molar-refractivity contribution >= 4 is 27.4 Å². The molecule has 1 aromatic carbocycles. The summed E-state index contributed by atoms with van der Waals surface area (Å²) in [5.74, 6) is 0.834. The quantitative estimate of drug-likeness (QED) is 0.476. The summed E-state index contributed by atoms with van der Waals surface area (Å²) < 4.78 is 5.85. The summed E-state index contributed by atoms with van der Waals surface area (Å²) in [5, 5.41) is 9.28. The highest BCUT2D eigenvalue weighted by Gasteiger charge is 2.28. The Morgan fingerprint density at radius 2 is 2.19 bits per heavy atom. The number of nitrogens with zero attached hydrogens (tertiary/aromatic N) is 2. The zero-order chi connectivity index (χ0) is 15.6. The normalized spacial score (nSPS) is 14.1. The number of anilines is 1. The van der Waals surface area contributed by atoms with E-state index < -0.39 is 0 Å². The Bertz CT molecular complexity index is 600. The fourth-order valence-electron chi connectivity index (χ4n) is 2.42. The van der Waals surface area contributed by atoms with Crippen molar-refractivity contribution in [1.82, 2.24) is 0 Å². The van der Waals surface area contributed by atoms with Crippen LogP contribution in [0.2, 0.25) is 0 Å². The van der Waals surface area contributed by atoms with Crippen LogP contribution in [0.4, 0.5) is 5.69 Å². The number of hydrogen-bond acceptors (Lipinski definition) is 4. The Hall–Kier alpha value is -1.54. The van der Waals surface area contributed by atoms with Crippen molar-refractivity contribution < 1.29 is 9.53 Å². The second kappa shape index (κ2) is 6.07. The molecule has 112 valence electrons. The molecule has 1 heterocycles. The molecule has 21 heavy (non-hydrogen) atoms. The molecule has 0 saturated carbocycles. The lowest BCUT2D eigenvalue weighted by atomic mass is 9.84. The predicted molar refractivity (Wildman–Crippen MR) is 86.6 cm³/mol. The molecule has 1 aliphatic heterocycles. The number of Topliss-reactive ketones (excluding diaryl/α,β-unsaturated/α-hetero) is 1. The highest BCUT2D eigenvalue weighted by atomic mass is 79.9. The van der Waals surface area contributed by atoms with E-state index in [1.54, 1.807) is 0 Å². The molecule has 0 bridgehead atoms. The van der Waals surface area contributed by atoms with Crippen molar-refractivity contribution in [3.05, 3.63) is 23.3 Å². The van der Waals surface area contributed by atoms with Gasteiger partial charge in [0.05, 0.1) is 23.6 Å². The molecule has 0 aliphatic carbocycles. The fraction of sp³-hybridized carbons (Fsp3) is 0.500. The smallest absolute Gasteiger partial charge is 0.173 e. The largest absolute Gasteiger partial charge is 0.489 e. The van der Waals surface area contributed by atoms with Crippen LogP contribution >= 0.6 is 15.9 Å². The van der Waals surface area contributed by atoms with Crippen LogP contribution in [0.1, 0.15) is 36.7 Å². The van der Waals surface area contributed by atoms with Crippen LogP contribution in [0.5, 0.6) is 5.75 Å². The van der Waals surface area contributed by atoms with Crippen LogP contribution in [0, 0.1) is 11.3 Å². The highest BCUT2D eigenvalue weighted by Crippen LogP contribution is 2.42. The van der Waals surface area contributed by atoms with Crippen molar-refractivity contribution in [2.24, 2.45) is 0 Å². The van der Waals surface area contributed by atoms with Crippen LogP contribution < -0.4 is 9.64 Å². The van der Waals surface area contributed by atoms with E-state index in [9.17, 15) is 4.79 Å². The Labute approximate surface area is 133 Å². The summed E-state index contributed by atoms with van der Waals surface area (Å²) in [4.78, 5) is 14.0. The van der Waals surface area contributed by atoms with E-state index in [2.05, 4.69) is 42.8 Å². The number of ether oxygens (including phenoxy) is 1. The summed E-state index contributed by atoms with van der Waals surface area (Å²) in [7, 11) is 0. The Kier molecular flexibility index (Phi) is 4.58. The number of rotatable bonds is 3. The Morgan fingerprint density at radius 1 is 1.48 bits per heavy atom. The molecule has 0 amide bonds. The van der Waals surface area contributed by atoms with Gasteiger partial charge in [0.2, 0.25) is 0 Å². The van der Waals surface area contributed by atoms with Gasteiger partial charge >= 0.3 is 0 Å². The van der Waals surface area contributed by atoms with E-state index in [0.717, 1.165) is 17.0 Å². The van der Waals surface area contributed by atoms with Crippen molar-refractivity contribution in [2.45, 2.75) is 26.2 Å². The standard InChI is InChI=1S/C16H19BrN2O2/c1-16(2,3)12-8-11(14(20)10-17)9-13-15(12)21-7-6-19(13)5-4-18/h8-9H,5-7,10H2,1-3H3. The Morgan fingerprint density at radius 3 is 2.76 bits per heavy atom. The molecule has 0 saturated heterocycles. The maximum Gasteiger partial charge on any atom is 0.173 e. The first-order valence-corrected chi connectivity index (χ1v) is 8.03. The number of halogens is 1. The minimum Gasteiger partial charge on any atom is -0.489 e. The third-order valence-corrected chi connectivity index (χ3v) is 4.04. The molecule has 0 N–H and O–H groups in total. The first-order chi connectivity index (χ1) is 9.88. The number of ketones is 1. The second-order valence-corrected chi connectivity index (χ2v) is 6.67. The summed E-state index contributed by atoms with van der Waals surface area (Å²) in [6, 6.07) is 5.93. The maximum absolute atomic E-state index is 12.1. The van der Waals surface area contributed by atoms with E-state index in [0.29, 0.717) is 25.3 Å². The van der Waals surface area contributed by atoms with E-state index in [-0.39, 0.29) is 16.5 Å². The van der Waals surface area contributed by atoms with Gasteiger partial charge in [-0.05, 0) is 17.5 Å². The highest BCUT2D eigenvalue weighted by molar-refractivity contribution is 9.09. The van der Waals surface area contributed by atoms with Gasteiger partial charge in [-0.2, -0.15) is 5.26 Å².